The van der Waals surface area contributed by atoms with Gasteiger partial charge < -0.3 is 4.74 Å². The summed E-state index contributed by atoms with van der Waals surface area (Å²) >= 11 is 0. The van der Waals surface area contributed by atoms with E-state index in [4.69, 9.17) is 4.74 Å². The van der Waals surface area contributed by atoms with Crippen molar-refractivity contribution in [3.63, 3.8) is 0 Å². The number of hydrogen-bond donors (Lipinski definition) is 0. The van der Waals surface area contributed by atoms with Crippen LogP contribution in [0.3, 0.4) is 0 Å². The Morgan fingerprint density at radius 1 is 1.21 bits per heavy atom. The summed E-state index contributed by atoms with van der Waals surface area (Å²) in [6.07, 6.45) is -0.454. The van der Waals surface area contributed by atoms with E-state index < -0.39 is 12.1 Å². The minimum Gasteiger partial charge on any atom is -0.446 e. The highest BCUT2D eigenvalue weighted by Crippen LogP contribution is 2.30. The minimum absolute atomic E-state index is 0.122. The van der Waals surface area contributed by atoms with Crippen molar-refractivity contribution in [1.82, 2.24) is 4.90 Å². The van der Waals surface area contributed by atoms with Crippen LogP contribution in [0.5, 0.6) is 0 Å². The second-order valence-corrected chi connectivity index (χ2v) is 5.92. The molecular weight excluding hydrogens is 309 g/mol. The van der Waals surface area contributed by atoms with E-state index in [-0.39, 0.29) is 30.7 Å². The normalized spacial score (nSPS) is 18.3. The van der Waals surface area contributed by atoms with Crippen molar-refractivity contribution in [3.05, 3.63) is 71.5 Å². The molecule has 124 valence electrons. The molecular formula is C19H18FNO3. The Morgan fingerprint density at radius 3 is 2.54 bits per heavy atom. The third-order valence-electron chi connectivity index (χ3n) is 4.25. The predicted molar refractivity (Wildman–Crippen MR) is 86.8 cm³/mol. The third-order valence-corrected chi connectivity index (χ3v) is 4.25. The van der Waals surface area contributed by atoms with Crippen LogP contribution in [0.25, 0.3) is 0 Å². The van der Waals surface area contributed by atoms with E-state index in [9.17, 15) is 14.0 Å². The van der Waals surface area contributed by atoms with Gasteiger partial charge in [0.1, 0.15) is 18.5 Å². The van der Waals surface area contributed by atoms with Crippen molar-refractivity contribution in [3.8, 4) is 0 Å². The predicted octanol–water partition coefficient (Wildman–Crippen LogP) is 4.04. The molecule has 24 heavy (non-hydrogen) atoms. The maximum absolute atomic E-state index is 13.0. The highest BCUT2D eigenvalue weighted by molar-refractivity contribution is 5.94. The standard InChI is InChI=1S/C19H18FNO3/c1-13(14-7-9-16(20)10-8-14)11-18(22)21-17(12-24-19(21)23)15-5-3-2-4-6-15/h2-10,13,17H,11-12H2,1H3. The van der Waals surface area contributed by atoms with Crippen molar-refractivity contribution < 1.29 is 18.7 Å². The van der Waals surface area contributed by atoms with Gasteiger partial charge in [-0.25, -0.2) is 14.1 Å². The molecule has 2 unspecified atom stereocenters. The Balaban J connectivity index is 1.75. The molecule has 2 amide bonds. The van der Waals surface area contributed by atoms with Gasteiger partial charge in [0.2, 0.25) is 5.91 Å². The molecule has 0 spiro atoms. The van der Waals surface area contributed by atoms with Gasteiger partial charge in [-0.2, -0.15) is 0 Å². The first kappa shape index (κ1) is 16.2. The fourth-order valence-electron chi connectivity index (χ4n) is 2.89. The van der Waals surface area contributed by atoms with Gasteiger partial charge in [0.25, 0.3) is 0 Å². The molecule has 0 bridgehead atoms. The molecule has 0 radical (unpaired) electrons. The molecule has 0 saturated carbocycles. The van der Waals surface area contributed by atoms with Crippen LogP contribution in [0.15, 0.2) is 54.6 Å². The number of carbonyl (C=O) groups is 2. The van der Waals surface area contributed by atoms with Crippen LogP contribution in [-0.2, 0) is 9.53 Å². The highest BCUT2D eigenvalue weighted by Gasteiger charge is 2.39. The molecule has 1 fully saturated rings. The molecule has 1 saturated heterocycles. The van der Waals surface area contributed by atoms with Crippen molar-refractivity contribution in [2.75, 3.05) is 6.61 Å². The first-order valence-electron chi connectivity index (χ1n) is 7.85. The minimum atomic E-state index is -0.611. The molecule has 1 heterocycles. The van der Waals surface area contributed by atoms with Gasteiger partial charge in [-0.3, -0.25) is 4.79 Å². The zero-order valence-electron chi connectivity index (χ0n) is 13.3. The molecule has 3 rings (SSSR count). The average molecular weight is 327 g/mol. The van der Waals surface area contributed by atoms with Crippen LogP contribution in [0.4, 0.5) is 9.18 Å². The Bertz CT molecular complexity index is 730. The zero-order valence-corrected chi connectivity index (χ0v) is 13.3. The van der Waals surface area contributed by atoms with E-state index in [0.717, 1.165) is 11.1 Å². The number of hydrogen-bond acceptors (Lipinski definition) is 3. The molecule has 1 aliphatic heterocycles. The van der Waals surface area contributed by atoms with Crippen molar-refractivity contribution in [1.29, 1.82) is 0 Å². The number of rotatable bonds is 4. The smallest absolute Gasteiger partial charge is 0.417 e. The van der Waals surface area contributed by atoms with Crippen LogP contribution in [0, 0.1) is 5.82 Å². The van der Waals surface area contributed by atoms with Gasteiger partial charge in [0.15, 0.2) is 0 Å². The van der Waals surface area contributed by atoms with Crippen molar-refractivity contribution >= 4 is 12.0 Å². The number of carbonyl (C=O) groups excluding carboxylic acids is 2. The SMILES string of the molecule is CC(CC(=O)N1C(=O)OCC1c1ccccc1)c1ccc(F)cc1. The number of cyclic esters (lactones) is 1. The van der Waals surface area contributed by atoms with Gasteiger partial charge in [0.05, 0.1) is 0 Å². The van der Waals surface area contributed by atoms with Gasteiger partial charge in [-0.15, -0.1) is 0 Å². The summed E-state index contributed by atoms with van der Waals surface area (Å²) in [6, 6.07) is 15.0. The lowest BCUT2D eigenvalue weighted by atomic mass is 9.96. The molecule has 4 nitrogen and oxygen atoms in total. The number of imide groups is 1. The molecule has 2 aromatic rings. The second kappa shape index (κ2) is 6.83. The molecule has 2 atom stereocenters. The molecule has 0 aromatic heterocycles. The fraction of sp³-hybridized carbons (Fsp3) is 0.263. The summed E-state index contributed by atoms with van der Waals surface area (Å²) < 4.78 is 18.1. The summed E-state index contributed by atoms with van der Waals surface area (Å²) in [5, 5.41) is 0. The van der Waals surface area contributed by atoms with E-state index in [2.05, 4.69) is 0 Å². The second-order valence-electron chi connectivity index (χ2n) is 5.92. The van der Waals surface area contributed by atoms with Gasteiger partial charge in [-0.05, 0) is 29.2 Å². The summed E-state index contributed by atoms with van der Waals surface area (Å²) in [4.78, 5) is 25.8. The van der Waals surface area contributed by atoms with Crippen molar-refractivity contribution in [2.45, 2.75) is 25.3 Å². The zero-order chi connectivity index (χ0) is 17.1. The van der Waals surface area contributed by atoms with E-state index in [1.165, 1.54) is 17.0 Å². The molecule has 1 aliphatic rings. The van der Waals surface area contributed by atoms with Crippen LogP contribution in [0.2, 0.25) is 0 Å². The number of benzene rings is 2. The van der Waals surface area contributed by atoms with E-state index in [0.29, 0.717) is 0 Å². The maximum atomic E-state index is 13.0. The summed E-state index contributed by atoms with van der Waals surface area (Å²) in [5.74, 6) is -0.726. The Kier molecular flexibility index (Phi) is 4.60. The first-order valence-corrected chi connectivity index (χ1v) is 7.85. The highest BCUT2D eigenvalue weighted by atomic mass is 19.1. The van der Waals surface area contributed by atoms with Crippen LogP contribution < -0.4 is 0 Å². The molecule has 2 aromatic carbocycles. The van der Waals surface area contributed by atoms with Gasteiger partial charge >= 0.3 is 6.09 Å². The topological polar surface area (TPSA) is 46.6 Å². The monoisotopic (exact) mass is 327 g/mol. The maximum Gasteiger partial charge on any atom is 0.417 e. The Morgan fingerprint density at radius 2 is 1.88 bits per heavy atom. The van der Waals surface area contributed by atoms with Crippen LogP contribution >= 0.6 is 0 Å². The van der Waals surface area contributed by atoms with Crippen LogP contribution in [-0.4, -0.2) is 23.5 Å². The van der Waals surface area contributed by atoms with E-state index >= 15 is 0 Å². The molecule has 5 heteroatoms. The summed E-state index contributed by atoms with van der Waals surface area (Å²) in [5.41, 5.74) is 1.72. The van der Waals surface area contributed by atoms with Crippen molar-refractivity contribution in [2.24, 2.45) is 0 Å². The third kappa shape index (κ3) is 3.30. The van der Waals surface area contributed by atoms with E-state index in [1.54, 1.807) is 12.1 Å². The van der Waals surface area contributed by atoms with Gasteiger partial charge in [0, 0.05) is 6.42 Å². The first-order chi connectivity index (χ1) is 11.6. The number of amides is 2. The lowest BCUT2D eigenvalue weighted by Crippen LogP contribution is -2.34. The molecule has 0 aliphatic carbocycles. The summed E-state index contributed by atoms with van der Waals surface area (Å²) in [6.45, 7) is 2.05. The largest absolute Gasteiger partial charge is 0.446 e. The summed E-state index contributed by atoms with van der Waals surface area (Å²) in [7, 11) is 0. The average Bonchev–Trinajstić information content (AvgIpc) is 2.98. The lowest BCUT2D eigenvalue weighted by Gasteiger charge is -2.21. The fourth-order valence-corrected chi connectivity index (χ4v) is 2.89. The number of nitrogens with zero attached hydrogens (tertiary/aromatic N) is 1. The van der Waals surface area contributed by atoms with E-state index in [1.807, 2.05) is 37.3 Å². The lowest BCUT2D eigenvalue weighted by molar-refractivity contribution is -0.129. The number of halogens is 1. The molecule has 0 N–H and O–H groups in total. The Hall–Kier alpha value is -2.69. The Labute approximate surface area is 139 Å². The van der Waals surface area contributed by atoms with Crippen LogP contribution in [0.1, 0.15) is 36.4 Å². The quantitative estimate of drug-likeness (QED) is 0.851. The number of ether oxygens (including phenoxy) is 1. The van der Waals surface area contributed by atoms with Gasteiger partial charge in [-0.1, -0.05) is 49.4 Å².